The van der Waals surface area contributed by atoms with E-state index in [4.69, 9.17) is 4.42 Å². The van der Waals surface area contributed by atoms with Crippen LogP contribution in [0.25, 0.3) is 0 Å². The van der Waals surface area contributed by atoms with Gasteiger partial charge in [0.05, 0.1) is 11.8 Å². The average Bonchev–Trinajstić information content (AvgIpc) is 3.26. The SMILES string of the molecule is C[C@H](Cc1cccs1)N(Cc1ccccc1)C(=O)c1ccoc1. The van der Waals surface area contributed by atoms with Crippen LogP contribution in [0.1, 0.15) is 27.7 Å². The number of benzene rings is 1. The van der Waals surface area contributed by atoms with Crippen molar-refractivity contribution >= 4 is 17.2 Å². The Hall–Kier alpha value is -2.33. The van der Waals surface area contributed by atoms with E-state index in [9.17, 15) is 4.79 Å². The molecule has 0 aliphatic heterocycles. The zero-order valence-corrected chi connectivity index (χ0v) is 13.8. The molecule has 3 aromatic rings. The topological polar surface area (TPSA) is 33.5 Å². The van der Waals surface area contributed by atoms with Crippen molar-refractivity contribution in [1.29, 1.82) is 0 Å². The van der Waals surface area contributed by atoms with Gasteiger partial charge in [0.1, 0.15) is 6.26 Å². The third kappa shape index (κ3) is 3.90. The Kier molecular flexibility index (Phi) is 4.93. The summed E-state index contributed by atoms with van der Waals surface area (Å²) in [6, 6.07) is 16.1. The molecule has 0 fully saturated rings. The van der Waals surface area contributed by atoms with Crippen molar-refractivity contribution in [3.63, 3.8) is 0 Å². The molecule has 0 unspecified atom stereocenters. The molecule has 1 atom stereocenters. The predicted molar refractivity (Wildman–Crippen MR) is 92.5 cm³/mol. The molecule has 118 valence electrons. The Morgan fingerprint density at radius 2 is 2.00 bits per heavy atom. The van der Waals surface area contributed by atoms with Crippen LogP contribution in [0.5, 0.6) is 0 Å². The van der Waals surface area contributed by atoms with E-state index in [0.717, 1.165) is 12.0 Å². The summed E-state index contributed by atoms with van der Waals surface area (Å²) in [7, 11) is 0. The summed E-state index contributed by atoms with van der Waals surface area (Å²) in [5.41, 5.74) is 1.72. The first-order chi connectivity index (χ1) is 11.2. The Balaban J connectivity index is 1.81. The minimum absolute atomic E-state index is 0.00617. The monoisotopic (exact) mass is 325 g/mol. The fourth-order valence-electron chi connectivity index (χ4n) is 2.59. The number of furan rings is 1. The summed E-state index contributed by atoms with van der Waals surface area (Å²) < 4.78 is 5.08. The molecular weight excluding hydrogens is 306 g/mol. The van der Waals surface area contributed by atoms with E-state index in [-0.39, 0.29) is 11.9 Å². The van der Waals surface area contributed by atoms with Gasteiger partial charge >= 0.3 is 0 Å². The lowest BCUT2D eigenvalue weighted by atomic mass is 10.1. The Morgan fingerprint density at radius 1 is 1.17 bits per heavy atom. The molecule has 0 bridgehead atoms. The molecule has 2 aromatic heterocycles. The lowest BCUT2D eigenvalue weighted by Crippen LogP contribution is -2.39. The van der Waals surface area contributed by atoms with Gasteiger partial charge in [-0.3, -0.25) is 4.79 Å². The quantitative estimate of drug-likeness (QED) is 0.663. The fraction of sp³-hybridized carbons (Fsp3) is 0.211. The van der Waals surface area contributed by atoms with Gasteiger partial charge in [0.15, 0.2) is 0 Å². The highest BCUT2D eigenvalue weighted by molar-refractivity contribution is 7.09. The van der Waals surface area contributed by atoms with Crippen molar-refractivity contribution in [2.75, 3.05) is 0 Å². The molecule has 0 spiro atoms. The molecule has 0 N–H and O–H groups in total. The zero-order valence-electron chi connectivity index (χ0n) is 13.0. The van der Waals surface area contributed by atoms with Crippen LogP contribution < -0.4 is 0 Å². The summed E-state index contributed by atoms with van der Waals surface area (Å²) in [6.07, 6.45) is 3.91. The Labute approximate surface area is 140 Å². The molecule has 2 heterocycles. The first kappa shape index (κ1) is 15.6. The molecule has 0 saturated carbocycles. The highest BCUT2D eigenvalue weighted by Crippen LogP contribution is 2.19. The van der Waals surface area contributed by atoms with Gasteiger partial charge in [-0.25, -0.2) is 0 Å². The van der Waals surface area contributed by atoms with Crippen molar-refractivity contribution < 1.29 is 9.21 Å². The van der Waals surface area contributed by atoms with E-state index in [0.29, 0.717) is 12.1 Å². The van der Waals surface area contributed by atoms with Crippen LogP contribution in [0, 0.1) is 0 Å². The second-order valence-corrected chi connectivity index (χ2v) is 6.60. The molecule has 1 aromatic carbocycles. The number of rotatable bonds is 6. The van der Waals surface area contributed by atoms with E-state index < -0.39 is 0 Å². The van der Waals surface area contributed by atoms with Crippen molar-refractivity contribution in [1.82, 2.24) is 4.90 Å². The zero-order chi connectivity index (χ0) is 16.1. The van der Waals surface area contributed by atoms with Gasteiger partial charge in [-0.15, -0.1) is 11.3 Å². The van der Waals surface area contributed by atoms with Crippen LogP contribution in [0.3, 0.4) is 0 Å². The van der Waals surface area contributed by atoms with E-state index in [1.54, 1.807) is 17.4 Å². The molecule has 23 heavy (non-hydrogen) atoms. The van der Waals surface area contributed by atoms with E-state index in [2.05, 4.69) is 18.4 Å². The molecule has 0 saturated heterocycles. The molecule has 0 aliphatic carbocycles. The standard InChI is InChI=1S/C19H19NO2S/c1-15(12-18-8-5-11-23-18)20(13-16-6-3-2-4-7-16)19(21)17-9-10-22-14-17/h2-11,14-15H,12-13H2,1H3/t15-/m1/s1. The van der Waals surface area contributed by atoms with Gasteiger partial charge in [0, 0.05) is 23.9 Å². The number of nitrogens with zero attached hydrogens (tertiary/aromatic N) is 1. The van der Waals surface area contributed by atoms with Gasteiger partial charge in [-0.1, -0.05) is 36.4 Å². The number of carbonyl (C=O) groups excluding carboxylic acids is 1. The summed E-state index contributed by atoms with van der Waals surface area (Å²) in [4.78, 5) is 16.1. The van der Waals surface area contributed by atoms with Crippen molar-refractivity contribution in [2.45, 2.75) is 25.9 Å². The molecule has 4 heteroatoms. The number of thiophene rings is 1. The first-order valence-electron chi connectivity index (χ1n) is 7.63. The number of carbonyl (C=O) groups is 1. The number of amides is 1. The minimum atomic E-state index is 0.00617. The number of hydrogen-bond acceptors (Lipinski definition) is 3. The van der Waals surface area contributed by atoms with Crippen LogP contribution in [-0.4, -0.2) is 16.8 Å². The maximum Gasteiger partial charge on any atom is 0.257 e. The van der Waals surface area contributed by atoms with Crippen LogP contribution in [0.2, 0.25) is 0 Å². The minimum Gasteiger partial charge on any atom is -0.472 e. The maximum absolute atomic E-state index is 12.8. The van der Waals surface area contributed by atoms with E-state index in [1.807, 2.05) is 41.3 Å². The Morgan fingerprint density at radius 3 is 2.65 bits per heavy atom. The van der Waals surface area contributed by atoms with Gasteiger partial charge in [0.2, 0.25) is 0 Å². The highest BCUT2D eigenvalue weighted by atomic mass is 32.1. The Bertz CT molecular complexity index is 720. The summed E-state index contributed by atoms with van der Waals surface area (Å²) >= 11 is 1.73. The average molecular weight is 325 g/mol. The van der Waals surface area contributed by atoms with Crippen LogP contribution in [0.4, 0.5) is 0 Å². The second kappa shape index (κ2) is 7.29. The van der Waals surface area contributed by atoms with E-state index >= 15 is 0 Å². The third-order valence-corrected chi connectivity index (χ3v) is 4.73. The van der Waals surface area contributed by atoms with Crippen LogP contribution >= 0.6 is 11.3 Å². The smallest absolute Gasteiger partial charge is 0.257 e. The molecule has 0 aliphatic rings. The van der Waals surface area contributed by atoms with Crippen LogP contribution in [-0.2, 0) is 13.0 Å². The fourth-order valence-corrected chi connectivity index (χ4v) is 3.42. The summed E-state index contributed by atoms with van der Waals surface area (Å²) in [5, 5.41) is 2.07. The van der Waals surface area contributed by atoms with Gasteiger partial charge in [0.25, 0.3) is 5.91 Å². The molecule has 1 amide bonds. The highest BCUT2D eigenvalue weighted by Gasteiger charge is 2.23. The van der Waals surface area contributed by atoms with Gasteiger partial charge in [-0.05, 0) is 30.0 Å². The predicted octanol–water partition coefficient (Wildman–Crippen LogP) is 4.61. The van der Waals surface area contributed by atoms with Gasteiger partial charge < -0.3 is 9.32 Å². The largest absolute Gasteiger partial charge is 0.472 e. The summed E-state index contributed by atoms with van der Waals surface area (Å²) in [6.45, 7) is 2.69. The molecule has 0 radical (unpaired) electrons. The maximum atomic E-state index is 12.8. The summed E-state index contributed by atoms with van der Waals surface area (Å²) in [5.74, 6) is 0.00617. The molecule has 3 nitrogen and oxygen atoms in total. The van der Waals surface area contributed by atoms with E-state index in [1.165, 1.54) is 17.4 Å². The number of hydrogen-bond donors (Lipinski definition) is 0. The third-order valence-electron chi connectivity index (χ3n) is 3.83. The lowest BCUT2D eigenvalue weighted by Gasteiger charge is -2.29. The first-order valence-corrected chi connectivity index (χ1v) is 8.51. The van der Waals surface area contributed by atoms with Crippen molar-refractivity contribution in [2.24, 2.45) is 0 Å². The van der Waals surface area contributed by atoms with Crippen molar-refractivity contribution in [3.05, 3.63) is 82.4 Å². The van der Waals surface area contributed by atoms with Crippen molar-refractivity contribution in [3.8, 4) is 0 Å². The normalized spacial score (nSPS) is 12.0. The molecule has 3 rings (SSSR count). The van der Waals surface area contributed by atoms with Crippen LogP contribution in [0.15, 0.2) is 70.9 Å². The van der Waals surface area contributed by atoms with Gasteiger partial charge in [-0.2, -0.15) is 0 Å². The second-order valence-electron chi connectivity index (χ2n) is 5.56. The lowest BCUT2D eigenvalue weighted by molar-refractivity contribution is 0.0675. The molecular formula is C19H19NO2S.